The van der Waals surface area contributed by atoms with Crippen LogP contribution in [0, 0.1) is 0 Å². The topological polar surface area (TPSA) is 38.3 Å². The van der Waals surface area contributed by atoms with Gasteiger partial charge in [0.25, 0.3) is 11.7 Å². The lowest BCUT2D eigenvalue weighted by atomic mass is 10.2. The zero-order valence-electron chi connectivity index (χ0n) is 11.2. The number of halogens is 2. The average molecular weight is 309 g/mol. The molecule has 0 heterocycles. The SMILES string of the molecule is COc1ccc(NC(=O)c2ccc(SC(F)F)cc2)cc1. The first-order chi connectivity index (χ1) is 10.1. The summed E-state index contributed by atoms with van der Waals surface area (Å²) in [6.07, 6.45) is 0. The van der Waals surface area contributed by atoms with E-state index in [0.717, 1.165) is 0 Å². The van der Waals surface area contributed by atoms with Crippen LogP contribution in [0.15, 0.2) is 53.4 Å². The Kier molecular flexibility index (Phi) is 5.16. The summed E-state index contributed by atoms with van der Waals surface area (Å²) >= 11 is 0.448. The van der Waals surface area contributed by atoms with Crippen molar-refractivity contribution in [2.45, 2.75) is 10.7 Å². The molecule has 21 heavy (non-hydrogen) atoms. The Morgan fingerprint density at radius 2 is 1.71 bits per heavy atom. The van der Waals surface area contributed by atoms with Crippen LogP contribution < -0.4 is 10.1 Å². The number of amides is 1. The molecule has 3 nitrogen and oxygen atoms in total. The van der Waals surface area contributed by atoms with Gasteiger partial charge in [-0.1, -0.05) is 11.8 Å². The molecule has 2 aromatic carbocycles. The number of rotatable bonds is 5. The second-order valence-corrected chi connectivity index (χ2v) is 5.15. The van der Waals surface area contributed by atoms with Gasteiger partial charge in [-0.05, 0) is 48.5 Å². The lowest BCUT2D eigenvalue weighted by Crippen LogP contribution is -2.11. The van der Waals surface area contributed by atoms with E-state index in [2.05, 4.69) is 5.32 Å². The maximum absolute atomic E-state index is 12.2. The summed E-state index contributed by atoms with van der Waals surface area (Å²) in [5.74, 6) is -2.07. The molecule has 0 spiro atoms. The quantitative estimate of drug-likeness (QED) is 0.839. The second kappa shape index (κ2) is 7.08. The summed E-state index contributed by atoms with van der Waals surface area (Å²) < 4.78 is 29.4. The third-order valence-electron chi connectivity index (χ3n) is 2.69. The minimum atomic E-state index is -2.47. The molecule has 0 aliphatic heterocycles. The number of carbonyl (C=O) groups excluding carboxylic acids is 1. The van der Waals surface area contributed by atoms with Crippen LogP contribution in [0.25, 0.3) is 0 Å². The van der Waals surface area contributed by atoms with Crippen molar-refractivity contribution in [2.75, 3.05) is 12.4 Å². The molecule has 0 radical (unpaired) electrons. The molecular weight excluding hydrogens is 296 g/mol. The Labute approximate surface area is 125 Å². The smallest absolute Gasteiger partial charge is 0.288 e. The van der Waals surface area contributed by atoms with Gasteiger partial charge in [0.1, 0.15) is 5.75 Å². The maximum Gasteiger partial charge on any atom is 0.288 e. The van der Waals surface area contributed by atoms with Gasteiger partial charge in [0, 0.05) is 16.1 Å². The zero-order valence-corrected chi connectivity index (χ0v) is 12.0. The van der Waals surface area contributed by atoms with Crippen LogP contribution in [0.3, 0.4) is 0 Å². The molecule has 0 aliphatic carbocycles. The van der Waals surface area contributed by atoms with E-state index >= 15 is 0 Å². The Bertz CT molecular complexity index is 600. The molecule has 0 unspecified atom stereocenters. The predicted molar refractivity (Wildman–Crippen MR) is 79.3 cm³/mol. The molecule has 2 aromatic rings. The molecule has 0 bridgehead atoms. The van der Waals surface area contributed by atoms with Crippen LogP contribution in [0.5, 0.6) is 5.75 Å². The minimum absolute atomic E-state index is 0.297. The minimum Gasteiger partial charge on any atom is -0.497 e. The highest BCUT2D eigenvalue weighted by atomic mass is 32.2. The molecule has 110 valence electrons. The molecular formula is C15H13F2NO2S. The van der Waals surface area contributed by atoms with Crippen molar-refractivity contribution in [1.82, 2.24) is 0 Å². The van der Waals surface area contributed by atoms with Crippen molar-refractivity contribution in [3.8, 4) is 5.75 Å². The molecule has 0 atom stereocenters. The van der Waals surface area contributed by atoms with Gasteiger partial charge in [-0.3, -0.25) is 4.79 Å². The standard InChI is InChI=1S/C15H13F2NO2S/c1-20-12-6-4-11(5-7-12)18-14(19)10-2-8-13(9-3-10)21-15(16)17/h2-9,15H,1H3,(H,18,19). The molecule has 6 heteroatoms. The van der Waals surface area contributed by atoms with Crippen LogP contribution >= 0.6 is 11.8 Å². The van der Waals surface area contributed by atoms with E-state index in [0.29, 0.717) is 33.7 Å². The predicted octanol–water partition coefficient (Wildman–Crippen LogP) is 4.26. The lowest BCUT2D eigenvalue weighted by Gasteiger charge is -2.07. The first kappa shape index (κ1) is 15.3. The second-order valence-electron chi connectivity index (χ2n) is 4.09. The van der Waals surface area contributed by atoms with Crippen molar-refractivity contribution in [3.05, 3.63) is 54.1 Å². The average Bonchev–Trinajstić information content (AvgIpc) is 2.48. The first-order valence-corrected chi connectivity index (χ1v) is 6.97. The summed E-state index contributed by atoms with van der Waals surface area (Å²) in [4.78, 5) is 12.4. The van der Waals surface area contributed by atoms with E-state index in [-0.39, 0.29) is 5.91 Å². The van der Waals surface area contributed by atoms with Gasteiger partial charge in [-0.2, -0.15) is 8.78 Å². The molecule has 0 aliphatic rings. The van der Waals surface area contributed by atoms with Crippen molar-refractivity contribution in [1.29, 1.82) is 0 Å². The molecule has 0 saturated heterocycles. The highest BCUT2D eigenvalue weighted by Crippen LogP contribution is 2.25. The highest BCUT2D eigenvalue weighted by Gasteiger charge is 2.08. The number of carbonyl (C=O) groups is 1. The normalized spacial score (nSPS) is 10.5. The number of benzene rings is 2. The van der Waals surface area contributed by atoms with Gasteiger partial charge in [0.2, 0.25) is 0 Å². The number of anilines is 1. The van der Waals surface area contributed by atoms with Crippen LogP contribution in [-0.2, 0) is 0 Å². The lowest BCUT2D eigenvalue weighted by molar-refractivity contribution is 0.102. The van der Waals surface area contributed by atoms with E-state index in [1.807, 2.05) is 0 Å². The largest absolute Gasteiger partial charge is 0.497 e. The number of nitrogens with one attached hydrogen (secondary N) is 1. The number of alkyl halides is 2. The Balaban J connectivity index is 2.02. The number of ether oxygens (including phenoxy) is 1. The van der Waals surface area contributed by atoms with Gasteiger partial charge in [-0.15, -0.1) is 0 Å². The zero-order chi connectivity index (χ0) is 15.2. The molecule has 1 amide bonds. The number of hydrogen-bond donors (Lipinski definition) is 1. The van der Waals surface area contributed by atoms with E-state index < -0.39 is 5.76 Å². The third kappa shape index (κ3) is 4.46. The maximum atomic E-state index is 12.2. The van der Waals surface area contributed by atoms with Crippen LogP contribution in [0.2, 0.25) is 0 Å². The molecule has 0 saturated carbocycles. The third-order valence-corrected chi connectivity index (χ3v) is 3.41. The van der Waals surface area contributed by atoms with Crippen LogP contribution in [0.1, 0.15) is 10.4 Å². The van der Waals surface area contributed by atoms with Crippen molar-refractivity contribution in [2.24, 2.45) is 0 Å². The Hall–Kier alpha value is -2.08. The fourth-order valence-electron chi connectivity index (χ4n) is 1.67. The van der Waals surface area contributed by atoms with Gasteiger partial charge in [0.15, 0.2) is 0 Å². The summed E-state index contributed by atoms with van der Waals surface area (Å²) in [6.45, 7) is 0. The van der Waals surface area contributed by atoms with Crippen LogP contribution in [0.4, 0.5) is 14.5 Å². The van der Waals surface area contributed by atoms with E-state index in [1.54, 1.807) is 31.4 Å². The van der Waals surface area contributed by atoms with E-state index in [4.69, 9.17) is 4.74 Å². The summed E-state index contributed by atoms with van der Waals surface area (Å²) in [5, 5.41) is 2.72. The fourth-order valence-corrected chi connectivity index (χ4v) is 2.16. The fraction of sp³-hybridized carbons (Fsp3) is 0.133. The van der Waals surface area contributed by atoms with Gasteiger partial charge < -0.3 is 10.1 Å². The van der Waals surface area contributed by atoms with Gasteiger partial charge >= 0.3 is 0 Å². The molecule has 1 N–H and O–H groups in total. The number of thioether (sulfide) groups is 1. The highest BCUT2D eigenvalue weighted by molar-refractivity contribution is 7.99. The van der Waals surface area contributed by atoms with Crippen molar-refractivity contribution < 1.29 is 18.3 Å². The Morgan fingerprint density at radius 3 is 2.24 bits per heavy atom. The van der Waals surface area contributed by atoms with Crippen molar-refractivity contribution >= 4 is 23.4 Å². The van der Waals surface area contributed by atoms with Gasteiger partial charge in [-0.25, -0.2) is 0 Å². The summed E-state index contributed by atoms with van der Waals surface area (Å²) in [7, 11) is 1.56. The molecule has 2 rings (SSSR count). The van der Waals surface area contributed by atoms with Gasteiger partial charge in [0.05, 0.1) is 7.11 Å². The number of hydrogen-bond acceptors (Lipinski definition) is 3. The monoisotopic (exact) mass is 309 g/mol. The molecule has 0 fully saturated rings. The van der Waals surface area contributed by atoms with E-state index in [9.17, 15) is 13.6 Å². The van der Waals surface area contributed by atoms with E-state index in [1.165, 1.54) is 24.3 Å². The van der Waals surface area contributed by atoms with Crippen LogP contribution in [-0.4, -0.2) is 18.8 Å². The number of methoxy groups -OCH3 is 1. The first-order valence-electron chi connectivity index (χ1n) is 6.09. The van der Waals surface area contributed by atoms with Crippen molar-refractivity contribution in [3.63, 3.8) is 0 Å². The Morgan fingerprint density at radius 1 is 1.10 bits per heavy atom. The summed E-state index contributed by atoms with van der Waals surface area (Å²) in [5.41, 5.74) is 1.04. The summed E-state index contributed by atoms with van der Waals surface area (Å²) in [6, 6.07) is 12.9. The molecule has 0 aromatic heterocycles.